The van der Waals surface area contributed by atoms with Crippen LogP contribution in [0.15, 0.2) is 25.0 Å². The average Bonchev–Trinajstić information content (AvgIpc) is 2.38. The average molecular weight is 276 g/mol. The summed E-state index contributed by atoms with van der Waals surface area (Å²) in [5.41, 5.74) is 0.412. The zero-order valence-electron chi connectivity index (χ0n) is 12.1. The van der Waals surface area contributed by atoms with Gasteiger partial charge in [0.15, 0.2) is 0 Å². The number of hydrogen-bond donors (Lipinski definition) is 2. The smallest absolute Gasteiger partial charge is 0.243 e. The first-order chi connectivity index (χ1) is 9.32. The van der Waals surface area contributed by atoms with Crippen LogP contribution in [0, 0.1) is 0 Å². The minimum absolute atomic E-state index is 0.127. The fraction of sp³-hybridized carbons (Fsp3) is 0.429. The lowest BCUT2D eigenvalue weighted by molar-refractivity contribution is -0.117. The SMILES string of the molecule is C=CC(=O)NCCC(=O)Nc1cnc(C(C)(C)C)nc1. The summed E-state index contributed by atoms with van der Waals surface area (Å²) < 4.78 is 0. The molecule has 0 aliphatic rings. The highest BCUT2D eigenvalue weighted by atomic mass is 16.2. The van der Waals surface area contributed by atoms with Gasteiger partial charge in [0.2, 0.25) is 11.8 Å². The van der Waals surface area contributed by atoms with Crippen molar-refractivity contribution in [2.75, 3.05) is 11.9 Å². The van der Waals surface area contributed by atoms with Crippen LogP contribution in [0.1, 0.15) is 33.0 Å². The molecule has 1 aromatic heterocycles. The molecule has 20 heavy (non-hydrogen) atoms. The molecule has 0 atom stereocenters. The fourth-order valence-corrected chi connectivity index (χ4v) is 1.37. The normalized spacial score (nSPS) is 10.8. The third-order valence-electron chi connectivity index (χ3n) is 2.44. The first-order valence-electron chi connectivity index (χ1n) is 6.35. The molecule has 0 saturated carbocycles. The Bertz CT molecular complexity index is 489. The van der Waals surface area contributed by atoms with Crippen molar-refractivity contribution in [3.05, 3.63) is 30.9 Å². The van der Waals surface area contributed by atoms with Crippen LogP contribution in [-0.4, -0.2) is 28.3 Å². The second-order valence-corrected chi connectivity index (χ2v) is 5.34. The topological polar surface area (TPSA) is 84.0 Å². The van der Waals surface area contributed by atoms with Crippen molar-refractivity contribution in [3.63, 3.8) is 0 Å². The number of amides is 2. The molecule has 0 aliphatic heterocycles. The lowest BCUT2D eigenvalue weighted by Gasteiger charge is -2.16. The zero-order chi connectivity index (χ0) is 15.2. The molecule has 0 radical (unpaired) electrons. The van der Waals surface area contributed by atoms with Gasteiger partial charge in [0, 0.05) is 18.4 Å². The minimum atomic E-state index is -0.296. The summed E-state index contributed by atoms with van der Waals surface area (Å²) in [6.45, 7) is 9.64. The predicted molar refractivity (Wildman–Crippen MR) is 77.2 cm³/mol. The molecular weight excluding hydrogens is 256 g/mol. The van der Waals surface area contributed by atoms with Gasteiger partial charge in [0.25, 0.3) is 0 Å². The lowest BCUT2D eigenvalue weighted by Crippen LogP contribution is -2.26. The number of carbonyl (C=O) groups is 2. The Hall–Kier alpha value is -2.24. The van der Waals surface area contributed by atoms with E-state index in [1.165, 1.54) is 0 Å². The van der Waals surface area contributed by atoms with Gasteiger partial charge < -0.3 is 10.6 Å². The van der Waals surface area contributed by atoms with E-state index in [9.17, 15) is 9.59 Å². The van der Waals surface area contributed by atoms with E-state index in [1.54, 1.807) is 12.4 Å². The Morgan fingerprint density at radius 3 is 2.40 bits per heavy atom. The van der Waals surface area contributed by atoms with E-state index in [1.807, 2.05) is 20.8 Å². The first kappa shape index (κ1) is 15.8. The third kappa shape index (κ3) is 5.17. The Labute approximate surface area is 118 Å². The maximum atomic E-state index is 11.6. The van der Waals surface area contributed by atoms with Crippen LogP contribution in [0.25, 0.3) is 0 Å². The number of nitrogens with zero attached hydrogens (tertiary/aromatic N) is 2. The maximum Gasteiger partial charge on any atom is 0.243 e. The van der Waals surface area contributed by atoms with Crippen molar-refractivity contribution in [1.82, 2.24) is 15.3 Å². The number of anilines is 1. The van der Waals surface area contributed by atoms with Crippen LogP contribution in [0.3, 0.4) is 0 Å². The first-order valence-corrected chi connectivity index (χ1v) is 6.35. The number of carbonyl (C=O) groups excluding carboxylic acids is 2. The monoisotopic (exact) mass is 276 g/mol. The van der Waals surface area contributed by atoms with Gasteiger partial charge in [-0.15, -0.1) is 0 Å². The third-order valence-corrected chi connectivity index (χ3v) is 2.44. The predicted octanol–water partition coefficient (Wildman–Crippen LogP) is 1.40. The molecule has 2 N–H and O–H groups in total. The highest BCUT2D eigenvalue weighted by molar-refractivity contribution is 5.91. The van der Waals surface area contributed by atoms with Gasteiger partial charge in [-0.05, 0) is 6.08 Å². The second kappa shape index (κ2) is 6.79. The summed E-state index contributed by atoms with van der Waals surface area (Å²) in [6.07, 6.45) is 4.50. The molecule has 0 spiro atoms. The molecule has 2 amide bonds. The summed E-state index contributed by atoms with van der Waals surface area (Å²) in [4.78, 5) is 31.0. The highest BCUT2D eigenvalue weighted by Crippen LogP contribution is 2.18. The van der Waals surface area contributed by atoms with E-state index >= 15 is 0 Å². The number of nitrogens with one attached hydrogen (secondary N) is 2. The highest BCUT2D eigenvalue weighted by Gasteiger charge is 2.16. The van der Waals surface area contributed by atoms with Crippen molar-refractivity contribution in [2.45, 2.75) is 32.6 Å². The zero-order valence-corrected chi connectivity index (χ0v) is 12.1. The molecule has 6 heteroatoms. The van der Waals surface area contributed by atoms with Crippen molar-refractivity contribution in [3.8, 4) is 0 Å². The van der Waals surface area contributed by atoms with Crippen LogP contribution in [0.2, 0.25) is 0 Å². The molecule has 0 aromatic carbocycles. The van der Waals surface area contributed by atoms with Gasteiger partial charge in [-0.1, -0.05) is 27.4 Å². The summed E-state index contributed by atoms with van der Waals surface area (Å²) in [6, 6.07) is 0. The van der Waals surface area contributed by atoms with Crippen molar-refractivity contribution < 1.29 is 9.59 Å². The van der Waals surface area contributed by atoms with Gasteiger partial charge in [0.1, 0.15) is 5.82 Å². The van der Waals surface area contributed by atoms with Gasteiger partial charge in [-0.25, -0.2) is 9.97 Å². The van der Waals surface area contributed by atoms with Crippen LogP contribution in [0.5, 0.6) is 0 Å². The number of aromatic nitrogens is 2. The Morgan fingerprint density at radius 1 is 1.30 bits per heavy atom. The molecule has 0 saturated heterocycles. The number of rotatable bonds is 5. The molecule has 0 bridgehead atoms. The number of hydrogen-bond acceptors (Lipinski definition) is 4. The molecular formula is C14H20N4O2. The van der Waals surface area contributed by atoms with Crippen molar-refractivity contribution >= 4 is 17.5 Å². The standard InChI is InChI=1S/C14H20N4O2/c1-5-11(19)15-7-6-12(20)18-10-8-16-13(17-9-10)14(2,3)4/h5,8-9H,1,6-7H2,2-4H3,(H,15,19)(H,18,20). The van der Waals surface area contributed by atoms with Crippen LogP contribution in [0.4, 0.5) is 5.69 Å². The summed E-state index contributed by atoms with van der Waals surface area (Å²) >= 11 is 0. The van der Waals surface area contributed by atoms with E-state index < -0.39 is 0 Å². The molecule has 108 valence electrons. The van der Waals surface area contributed by atoms with Crippen molar-refractivity contribution in [1.29, 1.82) is 0 Å². The molecule has 6 nitrogen and oxygen atoms in total. The molecule has 0 fully saturated rings. The molecule has 0 unspecified atom stereocenters. The largest absolute Gasteiger partial charge is 0.352 e. The molecule has 1 aromatic rings. The Morgan fingerprint density at radius 2 is 1.90 bits per heavy atom. The summed E-state index contributed by atoms with van der Waals surface area (Å²) in [5, 5.41) is 5.20. The molecule has 1 heterocycles. The van der Waals surface area contributed by atoms with Crippen LogP contribution < -0.4 is 10.6 Å². The Balaban J connectivity index is 2.46. The van der Waals surface area contributed by atoms with Crippen molar-refractivity contribution in [2.24, 2.45) is 0 Å². The summed E-state index contributed by atoms with van der Waals surface area (Å²) in [5.74, 6) is 0.214. The van der Waals surface area contributed by atoms with E-state index in [0.717, 1.165) is 6.08 Å². The van der Waals surface area contributed by atoms with E-state index in [2.05, 4.69) is 27.2 Å². The fourth-order valence-electron chi connectivity index (χ4n) is 1.37. The lowest BCUT2D eigenvalue weighted by atomic mass is 9.96. The van der Waals surface area contributed by atoms with Crippen LogP contribution in [-0.2, 0) is 15.0 Å². The van der Waals surface area contributed by atoms with E-state index in [0.29, 0.717) is 11.5 Å². The maximum absolute atomic E-state index is 11.6. The summed E-state index contributed by atoms with van der Waals surface area (Å²) in [7, 11) is 0. The van der Waals surface area contributed by atoms with Gasteiger partial charge in [0.05, 0.1) is 18.1 Å². The molecule has 0 aliphatic carbocycles. The second-order valence-electron chi connectivity index (χ2n) is 5.34. The van der Waals surface area contributed by atoms with E-state index in [-0.39, 0.29) is 30.2 Å². The molecule has 1 rings (SSSR count). The quantitative estimate of drug-likeness (QED) is 0.796. The van der Waals surface area contributed by atoms with Gasteiger partial charge >= 0.3 is 0 Å². The van der Waals surface area contributed by atoms with Gasteiger partial charge in [-0.2, -0.15) is 0 Å². The van der Waals surface area contributed by atoms with Crippen LogP contribution >= 0.6 is 0 Å². The minimum Gasteiger partial charge on any atom is -0.352 e. The Kier molecular flexibility index (Phi) is 5.37. The van der Waals surface area contributed by atoms with Gasteiger partial charge in [-0.3, -0.25) is 9.59 Å². The van der Waals surface area contributed by atoms with E-state index in [4.69, 9.17) is 0 Å².